The minimum Gasteiger partial charge on any atom is -0.478 e. The van der Waals surface area contributed by atoms with Gasteiger partial charge < -0.3 is 9.84 Å². The van der Waals surface area contributed by atoms with Crippen LogP contribution >= 0.6 is 0 Å². The van der Waals surface area contributed by atoms with Crippen LogP contribution in [0.25, 0.3) is 0 Å². The van der Waals surface area contributed by atoms with E-state index in [1.807, 2.05) is 0 Å². The summed E-state index contributed by atoms with van der Waals surface area (Å²) in [6.45, 7) is 1.71. The Morgan fingerprint density at radius 2 is 1.89 bits per heavy atom. The van der Waals surface area contributed by atoms with Crippen LogP contribution in [-0.4, -0.2) is 11.1 Å². The minimum absolute atomic E-state index is 0.00861. The van der Waals surface area contributed by atoms with Gasteiger partial charge in [-0.25, -0.2) is 9.18 Å². The van der Waals surface area contributed by atoms with Gasteiger partial charge in [-0.2, -0.15) is 0 Å². The predicted molar refractivity (Wildman–Crippen MR) is 64.6 cm³/mol. The van der Waals surface area contributed by atoms with Gasteiger partial charge in [-0.1, -0.05) is 24.3 Å². The van der Waals surface area contributed by atoms with E-state index < -0.39 is 11.8 Å². The molecule has 18 heavy (non-hydrogen) atoms. The fraction of sp³-hybridized carbons (Fsp3) is 0.0714. The molecule has 4 heteroatoms. The molecule has 0 bridgehead atoms. The first-order valence-electron chi connectivity index (χ1n) is 5.35. The van der Waals surface area contributed by atoms with Gasteiger partial charge in [-0.15, -0.1) is 0 Å². The molecule has 92 valence electrons. The number of carbonyl (C=O) groups is 1. The number of aryl methyl sites for hydroxylation is 1. The van der Waals surface area contributed by atoms with Crippen molar-refractivity contribution in [2.75, 3.05) is 0 Å². The van der Waals surface area contributed by atoms with Crippen molar-refractivity contribution in [3.8, 4) is 11.5 Å². The molecule has 0 atom stereocenters. The molecule has 2 rings (SSSR count). The summed E-state index contributed by atoms with van der Waals surface area (Å²) >= 11 is 0. The third kappa shape index (κ3) is 2.32. The Bertz CT molecular complexity index is 593. The van der Waals surface area contributed by atoms with E-state index in [1.54, 1.807) is 25.1 Å². The zero-order valence-electron chi connectivity index (χ0n) is 9.68. The number of hydrogen-bond acceptors (Lipinski definition) is 2. The van der Waals surface area contributed by atoms with Gasteiger partial charge in [0.25, 0.3) is 0 Å². The third-order valence-electron chi connectivity index (χ3n) is 2.49. The number of carboxylic acid groups (broad SMARTS) is 1. The summed E-state index contributed by atoms with van der Waals surface area (Å²) in [7, 11) is 0. The van der Waals surface area contributed by atoms with Gasteiger partial charge in [-0.05, 0) is 30.7 Å². The quantitative estimate of drug-likeness (QED) is 0.899. The van der Waals surface area contributed by atoms with Crippen molar-refractivity contribution in [1.29, 1.82) is 0 Å². The molecule has 0 saturated carbocycles. The van der Waals surface area contributed by atoms with E-state index in [0.29, 0.717) is 5.56 Å². The Morgan fingerprint density at radius 3 is 2.56 bits per heavy atom. The summed E-state index contributed by atoms with van der Waals surface area (Å²) in [4.78, 5) is 11.1. The molecule has 0 aromatic heterocycles. The van der Waals surface area contributed by atoms with Gasteiger partial charge in [0, 0.05) is 0 Å². The van der Waals surface area contributed by atoms with Crippen LogP contribution in [0.3, 0.4) is 0 Å². The van der Waals surface area contributed by atoms with Gasteiger partial charge >= 0.3 is 5.97 Å². The van der Waals surface area contributed by atoms with E-state index in [-0.39, 0.29) is 17.1 Å². The molecule has 2 aromatic carbocycles. The van der Waals surface area contributed by atoms with Gasteiger partial charge in [0.15, 0.2) is 11.6 Å². The molecular formula is C14H11FO3. The zero-order chi connectivity index (χ0) is 13.1. The second-order valence-electron chi connectivity index (χ2n) is 3.79. The van der Waals surface area contributed by atoms with E-state index >= 15 is 0 Å². The number of carboxylic acids is 1. The van der Waals surface area contributed by atoms with Gasteiger partial charge in [0.1, 0.15) is 11.3 Å². The summed E-state index contributed by atoms with van der Waals surface area (Å²) in [5.41, 5.74) is 0.649. The molecule has 0 saturated heterocycles. The minimum atomic E-state index is -1.11. The van der Waals surface area contributed by atoms with Crippen molar-refractivity contribution in [3.63, 3.8) is 0 Å². The van der Waals surface area contributed by atoms with Crippen LogP contribution in [0.1, 0.15) is 15.9 Å². The lowest BCUT2D eigenvalue weighted by molar-refractivity contribution is 0.0694. The van der Waals surface area contributed by atoms with Crippen molar-refractivity contribution in [2.24, 2.45) is 0 Å². The maximum absolute atomic E-state index is 13.5. The molecule has 2 aromatic rings. The molecule has 0 radical (unpaired) electrons. The molecule has 0 aliphatic heterocycles. The van der Waals surface area contributed by atoms with E-state index in [9.17, 15) is 9.18 Å². The Hall–Kier alpha value is -2.36. The fourth-order valence-electron chi connectivity index (χ4n) is 1.59. The monoisotopic (exact) mass is 246 g/mol. The number of para-hydroxylation sites is 2. The number of benzene rings is 2. The van der Waals surface area contributed by atoms with E-state index in [0.717, 1.165) is 0 Å². The maximum Gasteiger partial charge on any atom is 0.339 e. The number of aromatic carboxylic acids is 1. The number of halogens is 1. The Labute approximate surface area is 103 Å². The summed E-state index contributed by atoms with van der Waals surface area (Å²) in [5.74, 6) is -1.47. The van der Waals surface area contributed by atoms with Gasteiger partial charge in [0.2, 0.25) is 0 Å². The van der Waals surface area contributed by atoms with Crippen LogP contribution in [-0.2, 0) is 0 Å². The highest BCUT2D eigenvalue weighted by atomic mass is 19.1. The van der Waals surface area contributed by atoms with E-state index in [4.69, 9.17) is 9.84 Å². The lowest BCUT2D eigenvalue weighted by Crippen LogP contribution is -2.02. The van der Waals surface area contributed by atoms with Crippen molar-refractivity contribution < 1.29 is 19.0 Å². The molecule has 0 heterocycles. The largest absolute Gasteiger partial charge is 0.478 e. The first-order chi connectivity index (χ1) is 8.59. The Kier molecular flexibility index (Phi) is 3.28. The topological polar surface area (TPSA) is 46.5 Å². The van der Waals surface area contributed by atoms with Crippen molar-refractivity contribution in [2.45, 2.75) is 6.92 Å². The van der Waals surface area contributed by atoms with Crippen LogP contribution in [0, 0.1) is 12.7 Å². The first-order valence-corrected chi connectivity index (χ1v) is 5.35. The zero-order valence-corrected chi connectivity index (χ0v) is 9.68. The standard InChI is InChI=1S/C14H11FO3/c1-9-5-4-6-10(14(16)17)13(9)18-12-8-3-2-7-11(12)15/h2-8H,1H3,(H,16,17). The molecule has 0 amide bonds. The number of ether oxygens (including phenoxy) is 1. The van der Waals surface area contributed by atoms with Crippen LogP contribution in [0.4, 0.5) is 4.39 Å². The third-order valence-corrected chi connectivity index (χ3v) is 2.49. The smallest absolute Gasteiger partial charge is 0.339 e. The molecule has 0 spiro atoms. The lowest BCUT2D eigenvalue weighted by Gasteiger charge is -2.11. The Balaban J connectivity index is 2.46. The van der Waals surface area contributed by atoms with E-state index in [2.05, 4.69) is 0 Å². The second kappa shape index (κ2) is 4.87. The van der Waals surface area contributed by atoms with Crippen LogP contribution in [0.2, 0.25) is 0 Å². The fourth-order valence-corrected chi connectivity index (χ4v) is 1.59. The molecule has 0 unspecified atom stereocenters. The molecule has 3 nitrogen and oxygen atoms in total. The Morgan fingerprint density at radius 1 is 1.17 bits per heavy atom. The number of rotatable bonds is 3. The van der Waals surface area contributed by atoms with Crippen LogP contribution < -0.4 is 4.74 Å². The van der Waals surface area contributed by atoms with E-state index in [1.165, 1.54) is 24.3 Å². The van der Waals surface area contributed by atoms with Crippen LogP contribution in [0.15, 0.2) is 42.5 Å². The predicted octanol–water partition coefficient (Wildman–Crippen LogP) is 3.62. The van der Waals surface area contributed by atoms with Crippen molar-refractivity contribution >= 4 is 5.97 Å². The summed E-state index contributed by atoms with van der Waals surface area (Å²) in [5, 5.41) is 9.06. The molecule has 1 N–H and O–H groups in total. The molecule has 0 aliphatic carbocycles. The summed E-state index contributed by atoms with van der Waals surface area (Å²) in [6.07, 6.45) is 0. The highest BCUT2D eigenvalue weighted by molar-refractivity contribution is 5.91. The lowest BCUT2D eigenvalue weighted by atomic mass is 10.1. The number of hydrogen-bond donors (Lipinski definition) is 1. The molecular weight excluding hydrogens is 235 g/mol. The summed E-state index contributed by atoms with van der Waals surface area (Å²) in [6, 6.07) is 10.6. The first kappa shape index (κ1) is 12.1. The SMILES string of the molecule is Cc1cccc(C(=O)O)c1Oc1ccccc1F. The highest BCUT2D eigenvalue weighted by Gasteiger charge is 2.15. The second-order valence-corrected chi connectivity index (χ2v) is 3.79. The average molecular weight is 246 g/mol. The maximum atomic E-state index is 13.5. The van der Waals surface area contributed by atoms with Crippen molar-refractivity contribution in [1.82, 2.24) is 0 Å². The highest BCUT2D eigenvalue weighted by Crippen LogP contribution is 2.30. The van der Waals surface area contributed by atoms with Crippen molar-refractivity contribution in [3.05, 3.63) is 59.4 Å². The van der Waals surface area contributed by atoms with Crippen LogP contribution in [0.5, 0.6) is 11.5 Å². The summed E-state index contributed by atoms with van der Waals surface area (Å²) < 4.78 is 18.8. The molecule has 0 fully saturated rings. The average Bonchev–Trinajstić information content (AvgIpc) is 2.34. The normalized spacial score (nSPS) is 10.1. The van der Waals surface area contributed by atoms with Gasteiger partial charge in [0.05, 0.1) is 0 Å². The molecule has 0 aliphatic rings. The van der Waals surface area contributed by atoms with Gasteiger partial charge in [-0.3, -0.25) is 0 Å².